The van der Waals surface area contributed by atoms with Gasteiger partial charge in [-0.3, -0.25) is 4.90 Å². The number of carbonyl (C=O) groups excluding carboxylic acids is 1. The lowest BCUT2D eigenvalue weighted by atomic mass is 9.82. The number of β-amino-alcohol motifs (C(OH)–C–C–N with tert-alkyl or cyclic N) is 1. The molecule has 1 saturated heterocycles. The maximum atomic E-state index is 12.3. The highest BCUT2D eigenvalue weighted by Crippen LogP contribution is 2.42. The molecule has 0 bridgehead atoms. The van der Waals surface area contributed by atoms with Crippen molar-refractivity contribution in [1.29, 1.82) is 0 Å². The third-order valence-corrected chi connectivity index (χ3v) is 4.12. The molecular weight excluding hydrogens is 246 g/mol. The van der Waals surface area contributed by atoms with Gasteiger partial charge in [-0.25, -0.2) is 4.79 Å². The maximum absolute atomic E-state index is 12.3. The van der Waals surface area contributed by atoms with Crippen LogP contribution in [0.5, 0.6) is 0 Å². The van der Waals surface area contributed by atoms with Crippen LogP contribution in [0.1, 0.15) is 52.9 Å². The fourth-order valence-electron chi connectivity index (χ4n) is 3.23. The van der Waals surface area contributed by atoms with E-state index in [1.165, 1.54) is 0 Å². The third-order valence-electron chi connectivity index (χ3n) is 4.12. The Morgan fingerprint density at radius 1 is 1.21 bits per heavy atom. The summed E-state index contributed by atoms with van der Waals surface area (Å²) in [6.45, 7) is 5.67. The molecule has 0 aromatic rings. The molecule has 0 aromatic carbocycles. The van der Waals surface area contributed by atoms with E-state index >= 15 is 0 Å². The van der Waals surface area contributed by atoms with E-state index in [0.29, 0.717) is 6.42 Å². The Morgan fingerprint density at radius 2 is 1.79 bits per heavy atom. The molecule has 2 fully saturated rings. The largest absolute Gasteiger partial charge is 0.444 e. The number of hydrogen-bond donors (Lipinski definition) is 2. The first-order valence-electron chi connectivity index (χ1n) is 7.10. The van der Waals surface area contributed by atoms with Gasteiger partial charge in [-0.1, -0.05) is 12.8 Å². The van der Waals surface area contributed by atoms with Gasteiger partial charge in [-0.15, -0.1) is 0 Å². The molecule has 110 valence electrons. The molecule has 1 spiro atoms. The van der Waals surface area contributed by atoms with Crippen LogP contribution in [0.2, 0.25) is 0 Å². The number of likely N-dealkylation sites (tertiary alicyclic amines) is 1. The smallest absolute Gasteiger partial charge is 0.410 e. The molecule has 0 radical (unpaired) electrons. The topological polar surface area (TPSA) is 70.0 Å². The number of aliphatic hydroxyl groups excluding tert-OH is 2. The normalized spacial score (nSPS) is 30.7. The predicted octanol–water partition coefficient (Wildman–Crippen LogP) is 1.66. The Kier molecular flexibility index (Phi) is 3.80. The number of rotatable bonds is 0. The molecule has 1 aliphatic carbocycles. The SMILES string of the molecule is CC(C)(C)OC(=O)N1C[C@@H](O)[C@@H](O)CC12CCCC2. The van der Waals surface area contributed by atoms with Crippen LogP contribution in [0, 0.1) is 0 Å². The lowest BCUT2D eigenvalue weighted by Gasteiger charge is -2.48. The van der Waals surface area contributed by atoms with Crippen molar-refractivity contribution in [1.82, 2.24) is 4.90 Å². The van der Waals surface area contributed by atoms with Crippen LogP contribution in [0.15, 0.2) is 0 Å². The molecule has 1 saturated carbocycles. The average molecular weight is 271 g/mol. The number of aliphatic hydroxyl groups is 2. The van der Waals surface area contributed by atoms with Gasteiger partial charge in [0.25, 0.3) is 0 Å². The monoisotopic (exact) mass is 271 g/mol. The van der Waals surface area contributed by atoms with E-state index in [1.54, 1.807) is 4.90 Å². The fourth-order valence-corrected chi connectivity index (χ4v) is 3.23. The lowest BCUT2D eigenvalue weighted by Crippen LogP contribution is -2.61. The zero-order chi connectivity index (χ0) is 14.3. The van der Waals surface area contributed by atoms with Crippen LogP contribution in [0.4, 0.5) is 4.79 Å². The van der Waals surface area contributed by atoms with Gasteiger partial charge in [-0.05, 0) is 40.0 Å². The summed E-state index contributed by atoms with van der Waals surface area (Å²) in [5.74, 6) is 0. The first-order valence-corrected chi connectivity index (χ1v) is 7.10. The molecule has 2 rings (SSSR count). The van der Waals surface area contributed by atoms with E-state index in [0.717, 1.165) is 25.7 Å². The van der Waals surface area contributed by atoms with Crippen LogP contribution in [0.25, 0.3) is 0 Å². The first-order chi connectivity index (χ1) is 8.73. The standard InChI is InChI=1S/C14H25NO4/c1-13(2,3)19-12(18)15-9-11(17)10(16)8-14(15)6-4-5-7-14/h10-11,16-17H,4-9H2,1-3H3/t10-,11+/m0/s1. The second kappa shape index (κ2) is 4.94. The highest BCUT2D eigenvalue weighted by atomic mass is 16.6. The van der Waals surface area contributed by atoms with Crippen LogP contribution in [-0.2, 0) is 4.74 Å². The van der Waals surface area contributed by atoms with Crippen molar-refractivity contribution >= 4 is 6.09 Å². The van der Waals surface area contributed by atoms with Crippen molar-refractivity contribution in [3.8, 4) is 0 Å². The second-order valence-corrected chi connectivity index (χ2v) is 6.86. The molecule has 1 heterocycles. The highest BCUT2D eigenvalue weighted by Gasteiger charge is 2.50. The Bertz CT molecular complexity index is 344. The van der Waals surface area contributed by atoms with E-state index in [9.17, 15) is 15.0 Å². The molecule has 1 amide bonds. The molecule has 5 nitrogen and oxygen atoms in total. The molecule has 5 heteroatoms. The third kappa shape index (κ3) is 3.03. The highest BCUT2D eigenvalue weighted by molar-refractivity contribution is 5.69. The lowest BCUT2D eigenvalue weighted by molar-refractivity contribution is -0.0967. The van der Waals surface area contributed by atoms with Crippen molar-refractivity contribution in [2.45, 2.75) is 76.2 Å². The average Bonchev–Trinajstić information content (AvgIpc) is 2.70. The van der Waals surface area contributed by atoms with Crippen LogP contribution >= 0.6 is 0 Å². The van der Waals surface area contributed by atoms with E-state index in [4.69, 9.17) is 4.74 Å². The Morgan fingerprint density at radius 3 is 2.32 bits per heavy atom. The molecular formula is C14H25NO4. The fraction of sp³-hybridized carbons (Fsp3) is 0.929. The van der Waals surface area contributed by atoms with E-state index in [1.807, 2.05) is 20.8 Å². The molecule has 2 aliphatic rings. The summed E-state index contributed by atoms with van der Waals surface area (Å²) in [7, 11) is 0. The van der Waals surface area contributed by atoms with Crippen molar-refractivity contribution in [2.24, 2.45) is 0 Å². The minimum absolute atomic E-state index is 0.163. The van der Waals surface area contributed by atoms with Crippen LogP contribution in [-0.4, -0.2) is 51.1 Å². The van der Waals surface area contributed by atoms with Gasteiger partial charge in [0.15, 0.2) is 0 Å². The van der Waals surface area contributed by atoms with Gasteiger partial charge in [0.1, 0.15) is 5.60 Å². The number of amides is 1. The number of carbonyl (C=O) groups is 1. The van der Waals surface area contributed by atoms with Crippen molar-refractivity contribution in [3.63, 3.8) is 0 Å². The Hall–Kier alpha value is -0.810. The molecule has 19 heavy (non-hydrogen) atoms. The van der Waals surface area contributed by atoms with Crippen molar-refractivity contribution < 1.29 is 19.7 Å². The number of piperidine rings is 1. The summed E-state index contributed by atoms with van der Waals surface area (Å²) in [6.07, 6.45) is 2.35. The van der Waals surface area contributed by atoms with E-state index < -0.39 is 17.8 Å². The summed E-state index contributed by atoms with van der Waals surface area (Å²) in [5, 5.41) is 19.7. The van der Waals surface area contributed by atoms with Crippen molar-refractivity contribution in [2.75, 3.05) is 6.54 Å². The van der Waals surface area contributed by atoms with Gasteiger partial charge >= 0.3 is 6.09 Å². The summed E-state index contributed by atoms with van der Waals surface area (Å²) in [6, 6.07) is 0. The Labute approximate surface area is 114 Å². The minimum Gasteiger partial charge on any atom is -0.444 e. The number of hydrogen-bond acceptors (Lipinski definition) is 4. The second-order valence-electron chi connectivity index (χ2n) is 6.86. The predicted molar refractivity (Wildman–Crippen MR) is 70.8 cm³/mol. The summed E-state index contributed by atoms with van der Waals surface area (Å²) in [4.78, 5) is 14.0. The van der Waals surface area contributed by atoms with E-state index in [-0.39, 0.29) is 18.2 Å². The quantitative estimate of drug-likeness (QED) is 0.703. The Balaban J connectivity index is 2.17. The number of nitrogens with zero attached hydrogens (tertiary/aromatic N) is 1. The molecule has 0 unspecified atom stereocenters. The van der Waals surface area contributed by atoms with E-state index in [2.05, 4.69) is 0 Å². The first kappa shape index (κ1) is 14.6. The van der Waals surface area contributed by atoms with Gasteiger partial charge in [0.2, 0.25) is 0 Å². The van der Waals surface area contributed by atoms with Gasteiger partial charge in [0.05, 0.1) is 18.8 Å². The van der Waals surface area contributed by atoms with Crippen LogP contribution in [0.3, 0.4) is 0 Å². The zero-order valence-corrected chi connectivity index (χ0v) is 12.1. The van der Waals surface area contributed by atoms with Gasteiger partial charge in [-0.2, -0.15) is 0 Å². The molecule has 1 aliphatic heterocycles. The summed E-state index contributed by atoms with van der Waals surface area (Å²) < 4.78 is 5.44. The molecule has 0 aromatic heterocycles. The minimum atomic E-state index is -0.876. The van der Waals surface area contributed by atoms with Crippen molar-refractivity contribution in [3.05, 3.63) is 0 Å². The molecule has 2 N–H and O–H groups in total. The summed E-state index contributed by atoms with van der Waals surface area (Å²) >= 11 is 0. The van der Waals surface area contributed by atoms with Gasteiger partial charge in [0, 0.05) is 5.54 Å². The molecule has 2 atom stereocenters. The zero-order valence-electron chi connectivity index (χ0n) is 12.1. The number of ether oxygens (including phenoxy) is 1. The summed E-state index contributed by atoms with van der Waals surface area (Å²) in [5.41, 5.74) is -0.862. The van der Waals surface area contributed by atoms with Gasteiger partial charge < -0.3 is 14.9 Å². The van der Waals surface area contributed by atoms with Crippen LogP contribution < -0.4 is 0 Å². The maximum Gasteiger partial charge on any atom is 0.410 e.